The predicted molar refractivity (Wildman–Crippen MR) is 82.9 cm³/mol. The van der Waals surface area contributed by atoms with Crippen LogP contribution in [0.3, 0.4) is 0 Å². The number of aliphatic imine (C=N–C) groups is 1. The highest BCUT2D eigenvalue weighted by molar-refractivity contribution is 7.85. The normalized spacial score (nSPS) is 22.4. The van der Waals surface area contributed by atoms with Gasteiger partial charge in [0.1, 0.15) is 0 Å². The number of likely N-dealkylation sites (N-methyl/N-ethyl adjacent to an activating group) is 1. The summed E-state index contributed by atoms with van der Waals surface area (Å²) in [4.78, 5) is 6.58. The first kappa shape index (κ1) is 17.1. The Morgan fingerprint density at radius 3 is 2.80 bits per heavy atom. The molecule has 0 aromatic heterocycles. The summed E-state index contributed by atoms with van der Waals surface area (Å²) in [5, 5.41) is 0. The van der Waals surface area contributed by atoms with Gasteiger partial charge in [0.05, 0.1) is 5.75 Å². The van der Waals surface area contributed by atoms with E-state index in [9.17, 15) is 8.42 Å². The zero-order valence-electron chi connectivity index (χ0n) is 12.2. The Balaban J connectivity index is 2.57. The summed E-state index contributed by atoms with van der Waals surface area (Å²) in [7, 11) is -1.77. The first-order chi connectivity index (χ1) is 9.44. The Hall–Kier alpha value is -0.980. The molecule has 0 aromatic rings. The molecule has 0 aliphatic carbocycles. The molecule has 1 fully saturated rings. The molecule has 0 amide bonds. The molecule has 5 nitrogen and oxygen atoms in total. The molecule has 1 rings (SSSR count). The lowest BCUT2D eigenvalue weighted by Gasteiger charge is -2.20. The lowest BCUT2D eigenvalue weighted by molar-refractivity contribution is 0.351. The molecule has 0 spiro atoms. The highest BCUT2D eigenvalue weighted by atomic mass is 32.2. The van der Waals surface area contributed by atoms with Gasteiger partial charge >= 0.3 is 0 Å². The van der Waals surface area contributed by atoms with E-state index >= 15 is 0 Å². The lowest BCUT2D eigenvalue weighted by atomic mass is 10.1. The summed E-state index contributed by atoms with van der Waals surface area (Å²) in [6.45, 7) is 3.47. The number of nitrogens with zero attached hydrogens (tertiary/aromatic N) is 2. The van der Waals surface area contributed by atoms with E-state index in [0.29, 0.717) is 19.0 Å². The van der Waals surface area contributed by atoms with Crippen LogP contribution in [-0.4, -0.2) is 56.0 Å². The molecular formula is C14H24N2O3S. The van der Waals surface area contributed by atoms with Crippen molar-refractivity contribution < 1.29 is 13.0 Å². The molecule has 20 heavy (non-hydrogen) atoms. The molecule has 6 heteroatoms. The van der Waals surface area contributed by atoms with E-state index < -0.39 is 10.1 Å². The van der Waals surface area contributed by atoms with Crippen molar-refractivity contribution in [2.24, 2.45) is 4.99 Å². The van der Waals surface area contributed by atoms with Gasteiger partial charge in [0.15, 0.2) is 0 Å². The van der Waals surface area contributed by atoms with Crippen LogP contribution in [0.25, 0.3) is 0 Å². The van der Waals surface area contributed by atoms with Gasteiger partial charge in [-0.15, -0.1) is 0 Å². The quantitative estimate of drug-likeness (QED) is 0.337. The summed E-state index contributed by atoms with van der Waals surface area (Å²) in [6, 6.07) is 0.386. The Morgan fingerprint density at radius 2 is 2.25 bits per heavy atom. The van der Waals surface area contributed by atoms with Crippen LogP contribution in [0.2, 0.25) is 0 Å². The molecule has 1 aliphatic rings. The van der Waals surface area contributed by atoms with Gasteiger partial charge in [-0.2, -0.15) is 8.42 Å². The van der Waals surface area contributed by atoms with Crippen molar-refractivity contribution >= 4 is 16.3 Å². The van der Waals surface area contributed by atoms with Gasteiger partial charge in [-0.05, 0) is 45.4 Å². The summed E-state index contributed by atoms with van der Waals surface area (Å²) >= 11 is 0. The van der Waals surface area contributed by atoms with E-state index in [1.807, 2.05) is 25.3 Å². The van der Waals surface area contributed by atoms with E-state index in [4.69, 9.17) is 4.55 Å². The Morgan fingerprint density at radius 1 is 1.50 bits per heavy atom. The number of allylic oxidation sites excluding steroid dienone is 3. The van der Waals surface area contributed by atoms with Gasteiger partial charge in [-0.25, -0.2) is 0 Å². The summed E-state index contributed by atoms with van der Waals surface area (Å²) in [5.41, 5.74) is 1.15. The third-order valence-electron chi connectivity index (χ3n) is 3.32. The fourth-order valence-corrected chi connectivity index (χ4v) is 2.78. The molecule has 1 saturated heterocycles. The Kier molecular flexibility index (Phi) is 7.12. The highest BCUT2D eigenvalue weighted by Crippen LogP contribution is 2.21. The van der Waals surface area contributed by atoms with Crippen molar-refractivity contribution in [1.82, 2.24) is 4.90 Å². The average Bonchev–Trinajstić information content (AvgIpc) is 2.77. The van der Waals surface area contributed by atoms with Crippen LogP contribution >= 0.6 is 0 Å². The van der Waals surface area contributed by atoms with Gasteiger partial charge in [0, 0.05) is 18.8 Å². The first-order valence-corrected chi connectivity index (χ1v) is 8.53. The minimum absolute atomic E-state index is 0.235. The molecule has 0 radical (unpaired) electrons. The second-order valence-electron chi connectivity index (χ2n) is 5.01. The second kappa shape index (κ2) is 8.34. The maximum Gasteiger partial charge on any atom is 0.264 e. The number of hydrogen-bond donors (Lipinski definition) is 1. The summed E-state index contributed by atoms with van der Waals surface area (Å²) < 4.78 is 29.8. The van der Waals surface area contributed by atoms with Gasteiger partial charge in [0.25, 0.3) is 10.1 Å². The van der Waals surface area contributed by atoms with Crippen molar-refractivity contribution in [3.63, 3.8) is 0 Å². The molecule has 1 heterocycles. The van der Waals surface area contributed by atoms with E-state index in [2.05, 4.69) is 23.0 Å². The van der Waals surface area contributed by atoms with Crippen molar-refractivity contribution in [2.45, 2.75) is 32.2 Å². The van der Waals surface area contributed by atoms with Gasteiger partial charge in [0.2, 0.25) is 0 Å². The number of hydrogen-bond acceptors (Lipinski definition) is 4. The molecular weight excluding hydrogens is 276 g/mol. The molecule has 114 valence electrons. The smallest absolute Gasteiger partial charge is 0.264 e. The maximum atomic E-state index is 10.6. The van der Waals surface area contributed by atoms with Gasteiger partial charge in [-0.1, -0.05) is 18.2 Å². The van der Waals surface area contributed by atoms with E-state index in [1.54, 1.807) is 0 Å². The third-order valence-corrected chi connectivity index (χ3v) is 4.12. The summed E-state index contributed by atoms with van der Waals surface area (Å²) in [5.74, 6) is -0.235. The molecule has 0 bridgehead atoms. The van der Waals surface area contributed by atoms with Gasteiger partial charge in [-0.3, -0.25) is 14.4 Å². The van der Waals surface area contributed by atoms with Crippen molar-refractivity contribution in [2.75, 3.05) is 25.9 Å². The zero-order valence-corrected chi connectivity index (χ0v) is 13.0. The van der Waals surface area contributed by atoms with E-state index in [0.717, 1.165) is 18.5 Å². The summed E-state index contributed by atoms with van der Waals surface area (Å²) in [6.07, 6.45) is 10.5. The van der Waals surface area contributed by atoms with Crippen molar-refractivity contribution in [3.8, 4) is 0 Å². The molecule has 0 aromatic carbocycles. The van der Waals surface area contributed by atoms with E-state index in [1.165, 1.54) is 6.42 Å². The first-order valence-electron chi connectivity index (χ1n) is 6.92. The predicted octanol–water partition coefficient (Wildman–Crippen LogP) is 1.93. The highest BCUT2D eigenvalue weighted by Gasteiger charge is 2.23. The monoisotopic (exact) mass is 300 g/mol. The SMILES string of the molecule is C/C=C\C=C(/C=NCCCS(=O)(=O)O)[C@@H]1CCCN1C. The van der Waals surface area contributed by atoms with Crippen LogP contribution < -0.4 is 0 Å². The lowest BCUT2D eigenvalue weighted by Crippen LogP contribution is -2.27. The fourth-order valence-electron chi connectivity index (χ4n) is 2.29. The topological polar surface area (TPSA) is 70.0 Å². The molecule has 0 saturated carbocycles. The molecule has 1 atom stereocenters. The van der Waals surface area contributed by atoms with Crippen LogP contribution in [0, 0.1) is 0 Å². The molecule has 1 N–H and O–H groups in total. The van der Waals surface area contributed by atoms with Crippen molar-refractivity contribution in [3.05, 3.63) is 23.8 Å². The average molecular weight is 300 g/mol. The van der Waals surface area contributed by atoms with Crippen LogP contribution in [0.1, 0.15) is 26.2 Å². The van der Waals surface area contributed by atoms with Crippen LogP contribution in [0.15, 0.2) is 28.8 Å². The standard InChI is InChI=1S/C14H24N2O3S/c1-3-4-7-13(14-8-5-10-16(14)2)12-15-9-6-11-20(17,18)19/h3-4,7,12,14H,5-6,8-11H2,1-2H3,(H,17,18,19)/b4-3-,13-7+,15-12?/t14-/m0/s1. The minimum atomic E-state index is -3.87. The number of likely N-dealkylation sites (tertiary alicyclic amines) is 1. The van der Waals surface area contributed by atoms with Crippen LogP contribution in [0.4, 0.5) is 0 Å². The minimum Gasteiger partial charge on any atom is -0.299 e. The fraction of sp³-hybridized carbons (Fsp3) is 0.643. The third kappa shape index (κ3) is 6.45. The van der Waals surface area contributed by atoms with Crippen molar-refractivity contribution in [1.29, 1.82) is 0 Å². The zero-order chi connectivity index (χ0) is 15.0. The Bertz CT molecular complexity index is 481. The van der Waals surface area contributed by atoms with Crippen LogP contribution in [-0.2, 0) is 10.1 Å². The van der Waals surface area contributed by atoms with Crippen LogP contribution in [0.5, 0.6) is 0 Å². The van der Waals surface area contributed by atoms with E-state index in [-0.39, 0.29) is 5.75 Å². The maximum absolute atomic E-state index is 10.6. The number of rotatable bonds is 7. The van der Waals surface area contributed by atoms with Gasteiger partial charge < -0.3 is 0 Å². The molecule has 1 aliphatic heterocycles. The largest absolute Gasteiger partial charge is 0.299 e. The molecule has 0 unspecified atom stereocenters. The Labute approximate surface area is 121 Å². The second-order valence-corrected chi connectivity index (χ2v) is 6.58.